The second-order valence-electron chi connectivity index (χ2n) is 2.93. The molecule has 0 fully saturated rings. The Morgan fingerprint density at radius 2 is 1.07 bits per heavy atom. The Hall–Kier alpha value is 1.76. The van der Waals surface area contributed by atoms with Gasteiger partial charge in [0.15, 0.2) is 0 Å². The van der Waals surface area contributed by atoms with E-state index in [9.17, 15) is 0 Å². The van der Waals surface area contributed by atoms with Crippen LogP contribution in [0.3, 0.4) is 0 Å². The van der Waals surface area contributed by atoms with Crippen molar-refractivity contribution in [2.24, 2.45) is 0 Å². The number of hydrogen-bond acceptors (Lipinski definition) is 2. The van der Waals surface area contributed by atoms with Crippen LogP contribution in [0.5, 0.6) is 0 Å². The number of halogens is 2. The van der Waals surface area contributed by atoms with Gasteiger partial charge < -0.3 is 10.2 Å². The minimum absolute atomic E-state index is 0.145. The summed E-state index contributed by atoms with van der Waals surface area (Å²) < 4.78 is 0. The number of unbranched alkanes of at least 4 members (excludes halogenated alkanes) is 4. The summed E-state index contributed by atoms with van der Waals surface area (Å²) in [4.78, 5) is 0. The van der Waals surface area contributed by atoms with Gasteiger partial charge in [0.05, 0.1) is 0 Å². The topological polar surface area (TPSA) is 40.5 Å². The first-order valence-electron chi connectivity index (χ1n) is 5.42. The van der Waals surface area contributed by atoms with Crippen LogP contribution in [0.25, 0.3) is 0 Å². The molecule has 0 saturated heterocycles. The predicted octanol–water partition coefficient (Wildman–Crippen LogP) is 4.03. The Balaban J connectivity index is -0.000000153. The van der Waals surface area contributed by atoms with E-state index in [1.54, 1.807) is 0 Å². The summed E-state index contributed by atoms with van der Waals surface area (Å²) >= 11 is 6.32. The van der Waals surface area contributed by atoms with Gasteiger partial charge in [-0.15, -0.1) is 0 Å². The van der Waals surface area contributed by atoms with Crippen molar-refractivity contribution in [3.8, 4) is 0 Å². The first-order valence-corrected chi connectivity index (χ1v) is 16.7. The molecular formula is C10H24Br2O2Zr. The Kier molecular flexibility index (Phi) is 43.5. The SMILES string of the molecule is CCCCCO.CCCCCO.[Br][Zr][Br]. The monoisotopic (exact) mass is 424 g/mol. The van der Waals surface area contributed by atoms with E-state index in [0.29, 0.717) is 13.2 Å². The molecule has 0 aromatic carbocycles. The summed E-state index contributed by atoms with van der Waals surface area (Å²) in [6, 6.07) is 0. The average molecular weight is 427 g/mol. The number of aliphatic hydroxyl groups excluding tert-OH is 2. The van der Waals surface area contributed by atoms with Crippen molar-refractivity contribution in [3.05, 3.63) is 0 Å². The van der Waals surface area contributed by atoms with Gasteiger partial charge in [-0.25, -0.2) is 0 Å². The van der Waals surface area contributed by atoms with E-state index in [1.807, 2.05) is 0 Å². The van der Waals surface area contributed by atoms with Crippen molar-refractivity contribution in [3.63, 3.8) is 0 Å². The van der Waals surface area contributed by atoms with E-state index in [2.05, 4.69) is 38.3 Å². The molecule has 0 radical (unpaired) electrons. The van der Waals surface area contributed by atoms with E-state index < -0.39 is 0 Å². The van der Waals surface area contributed by atoms with Crippen LogP contribution in [0.2, 0.25) is 0 Å². The van der Waals surface area contributed by atoms with Gasteiger partial charge in [0, 0.05) is 13.2 Å². The fourth-order valence-corrected chi connectivity index (χ4v) is 0.724. The molecule has 0 rings (SSSR count). The van der Waals surface area contributed by atoms with Gasteiger partial charge in [0.25, 0.3) is 0 Å². The first-order chi connectivity index (χ1) is 7.24. The molecule has 0 aliphatic rings. The van der Waals surface area contributed by atoms with E-state index in [1.165, 1.54) is 12.8 Å². The molecule has 0 aliphatic heterocycles. The van der Waals surface area contributed by atoms with Crippen LogP contribution in [0.4, 0.5) is 0 Å². The van der Waals surface area contributed by atoms with Crippen molar-refractivity contribution in [2.75, 3.05) is 13.2 Å². The minimum atomic E-state index is -0.145. The van der Waals surface area contributed by atoms with Crippen LogP contribution in [0.1, 0.15) is 52.4 Å². The number of hydrogen-bond donors (Lipinski definition) is 2. The molecule has 5 heteroatoms. The Morgan fingerprint density at radius 1 is 0.800 bits per heavy atom. The molecule has 0 saturated carbocycles. The summed E-state index contributed by atoms with van der Waals surface area (Å²) in [5.41, 5.74) is 0. The van der Waals surface area contributed by atoms with Gasteiger partial charge in [0.1, 0.15) is 0 Å². The van der Waals surface area contributed by atoms with Gasteiger partial charge in [-0.2, -0.15) is 0 Å². The van der Waals surface area contributed by atoms with Crippen LogP contribution >= 0.6 is 24.4 Å². The normalized spacial score (nSPS) is 8.13. The van der Waals surface area contributed by atoms with Crippen molar-refractivity contribution < 1.29 is 28.7 Å². The maximum absolute atomic E-state index is 8.20. The van der Waals surface area contributed by atoms with Crippen LogP contribution in [0, 0.1) is 0 Å². The zero-order valence-electron chi connectivity index (χ0n) is 9.81. The van der Waals surface area contributed by atoms with Gasteiger partial charge in [0.2, 0.25) is 0 Å². The summed E-state index contributed by atoms with van der Waals surface area (Å²) in [5.74, 6) is 0. The molecule has 94 valence electrons. The van der Waals surface area contributed by atoms with Gasteiger partial charge in [-0.3, -0.25) is 0 Å². The zero-order valence-corrected chi connectivity index (χ0v) is 15.4. The first kappa shape index (κ1) is 22.0. The van der Waals surface area contributed by atoms with Crippen molar-refractivity contribution in [1.82, 2.24) is 0 Å². The number of aliphatic hydroxyl groups is 2. The summed E-state index contributed by atoms with van der Waals surface area (Å²) in [7, 11) is 0. The molecule has 2 N–H and O–H groups in total. The fraction of sp³-hybridized carbons (Fsp3) is 1.00. The molecule has 2 nitrogen and oxygen atoms in total. The van der Waals surface area contributed by atoms with Gasteiger partial charge in [-0.05, 0) is 12.8 Å². The van der Waals surface area contributed by atoms with E-state index >= 15 is 0 Å². The fourth-order valence-electron chi connectivity index (χ4n) is 0.724. The van der Waals surface area contributed by atoms with E-state index in [-0.39, 0.29) is 18.5 Å². The standard InChI is InChI=1S/2C5H12O.2BrH.Zr/c2*1-2-3-4-5-6;;;/h2*6H,2-5H2,1H3;2*1H;/q;;;;+2/p-2. The summed E-state index contributed by atoms with van der Waals surface area (Å²) in [6.07, 6.45) is 6.65. The van der Waals surface area contributed by atoms with Crippen molar-refractivity contribution >= 4 is 24.4 Å². The summed E-state index contributed by atoms with van der Waals surface area (Å²) in [6.45, 7) is 4.95. The Bertz CT molecular complexity index is 62.4. The van der Waals surface area contributed by atoms with Crippen LogP contribution in [-0.4, -0.2) is 23.4 Å². The Morgan fingerprint density at radius 3 is 1.13 bits per heavy atom. The maximum atomic E-state index is 8.20. The molecule has 0 spiro atoms. The van der Waals surface area contributed by atoms with Crippen LogP contribution in [0.15, 0.2) is 0 Å². The third-order valence-electron chi connectivity index (χ3n) is 1.52. The molecule has 0 aliphatic carbocycles. The van der Waals surface area contributed by atoms with Crippen molar-refractivity contribution in [1.29, 1.82) is 0 Å². The Labute approximate surface area is 118 Å². The van der Waals surface area contributed by atoms with Crippen LogP contribution < -0.4 is 0 Å². The third kappa shape index (κ3) is 49.5. The summed E-state index contributed by atoms with van der Waals surface area (Å²) in [5, 5.41) is 16.4. The molecule has 0 aromatic heterocycles. The van der Waals surface area contributed by atoms with Crippen LogP contribution in [-0.2, 0) is 18.5 Å². The molecule has 15 heavy (non-hydrogen) atoms. The zero-order chi connectivity index (χ0) is 12.4. The molecule has 0 aromatic rings. The number of rotatable bonds is 6. The average Bonchev–Trinajstić information content (AvgIpc) is 2.25. The van der Waals surface area contributed by atoms with Crippen molar-refractivity contribution in [2.45, 2.75) is 52.4 Å². The van der Waals surface area contributed by atoms with E-state index in [4.69, 9.17) is 10.2 Å². The quantitative estimate of drug-likeness (QED) is 0.629. The molecule has 0 unspecified atom stereocenters. The molecule has 0 heterocycles. The molecule has 0 atom stereocenters. The molecular weight excluding hydrogens is 403 g/mol. The van der Waals surface area contributed by atoms with E-state index in [0.717, 1.165) is 25.7 Å². The molecule has 0 bridgehead atoms. The van der Waals surface area contributed by atoms with Gasteiger partial charge in [-0.1, -0.05) is 39.5 Å². The molecule has 0 amide bonds. The van der Waals surface area contributed by atoms with Gasteiger partial charge >= 0.3 is 43.0 Å². The third-order valence-corrected chi connectivity index (χ3v) is 1.52. The second-order valence-corrected chi connectivity index (χ2v) is 14.3. The second kappa shape index (κ2) is 29.7. The predicted molar refractivity (Wildman–Crippen MR) is 71.1 cm³/mol.